The Balaban J connectivity index is 1.78. The van der Waals surface area contributed by atoms with Crippen molar-refractivity contribution in [3.63, 3.8) is 0 Å². The standard InChI is InChI=1S/C27H35NO8/c1-5-21(29)34-25-16(4)14-20(26(35-22(30)6-2)27(25)36-23(31)7-3)33-24(32)13-12-17-15-28-19-11-9-8-10-18(17)19/h8-11,15-16,20,25-28H,5-7,12-14H2,1-4H3/t16-,20+,25-,26-,27-/m1/s1. The van der Waals surface area contributed by atoms with Crippen LogP contribution in [0.15, 0.2) is 30.5 Å². The molecule has 2 aromatic rings. The first kappa shape index (κ1) is 27.2. The van der Waals surface area contributed by atoms with Crippen molar-refractivity contribution >= 4 is 34.8 Å². The van der Waals surface area contributed by atoms with Gasteiger partial charge in [-0.15, -0.1) is 0 Å². The van der Waals surface area contributed by atoms with Gasteiger partial charge in [0.05, 0.1) is 0 Å². The summed E-state index contributed by atoms with van der Waals surface area (Å²) in [6, 6.07) is 7.83. The van der Waals surface area contributed by atoms with Crippen LogP contribution in [0.4, 0.5) is 0 Å². The number of rotatable bonds is 10. The van der Waals surface area contributed by atoms with E-state index in [9.17, 15) is 19.2 Å². The molecule has 0 bridgehead atoms. The number of carbonyl (C=O) groups excluding carboxylic acids is 4. The quantitative estimate of drug-likeness (QED) is 0.383. The Morgan fingerprint density at radius 2 is 1.39 bits per heavy atom. The monoisotopic (exact) mass is 501 g/mol. The van der Waals surface area contributed by atoms with Gasteiger partial charge in [-0.05, 0) is 24.5 Å². The van der Waals surface area contributed by atoms with Crippen molar-refractivity contribution in [1.82, 2.24) is 4.98 Å². The van der Waals surface area contributed by atoms with Gasteiger partial charge < -0.3 is 23.9 Å². The molecule has 1 fully saturated rings. The molecule has 36 heavy (non-hydrogen) atoms. The number of fused-ring (bicyclic) bond motifs is 1. The highest BCUT2D eigenvalue weighted by molar-refractivity contribution is 5.83. The minimum atomic E-state index is -1.09. The number of aromatic amines is 1. The molecule has 1 aliphatic rings. The molecule has 1 aromatic carbocycles. The molecule has 1 aromatic heterocycles. The maximum absolute atomic E-state index is 12.9. The fourth-order valence-corrected chi connectivity index (χ4v) is 4.44. The van der Waals surface area contributed by atoms with E-state index in [-0.39, 0.29) is 38.0 Å². The van der Waals surface area contributed by atoms with Crippen molar-refractivity contribution in [3.05, 3.63) is 36.0 Å². The highest BCUT2D eigenvalue weighted by Gasteiger charge is 2.51. The summed E-state index contributed by atoms with van der Waals surface area (Å²) in [5, 5.41) is 1.04. The van der Waals surface area contributed by atoms with Gasteiger partial charge in [0.25, 0.3) is 0 Å². The molecular weight excluding hydrogens is 466 g/mol. The van der Waals surface area contributed by atoms with Crippen molar-refractivity contribution in [3.8, 4) is 0 Å². The first-order valence-electron chi connectivity index (χ1n) is 12.6. The predicted molar refractivity (Wildman–Crippen MR) is 131 cm³/mol. The number of para-hydroxylation sites is 1. The van der Waals surface area contributed by atoms with E-state index in [2.05, 4.69) is 4.98 Å². The second-order valence-corrected chi connectivity index (χ2v) is 9.02. The lowest BCUT2D eigenvalue weighted by atomic mass is 9.81. The normalized spacial score (nSPS) is 23.6. The van der Waals surface area contributed by atoms with Crippen LogP contribution in [0.2, 0.25) is 0 Å². The van der Waals surface area contributed by atoms with E-state index < -0.39 is 48.3 Å². The zero-order valence-corrected chi connectivity index (χ0v) is 21.3. The molecule has 9 nitrogen and oxygen atoms in total. The molecule has 0 aliphatic heterocycles. The summed E-state index contributed by atoms with van der Waals surface area (Å²) in [6.45, 7) is 6.76. The zero-order chi connectivity index (χ0) is 26.2. The van der Waals surface area contributed by atoms with Crippen LogP contribution in [0.3, 0.4) is 0 Å². The van der Waals surface area contributed by atoms with Crippen LogP contribution >= 0.6 is 0 Å². The van der Waals surface area contributed by atoms with Gasteiger partial charge in [0.2, 0.25) is 0 Å². The molecule has 1 N–H and O–H groups in total. The van der Waals surface area contributed by atoms with Crippen LogP contribution < -0.4 is 0 Å². The molecule has 1 aliphatic carbocycles. The average Bonchev–Trinajstić information content (AvgIpc) is 3.29. The van der Waals surface area contributed by atoms with Crippen molar-refractivity contribution < 1.29 is 38.1 Å². The van der Waals surface area contributed by atoms with Gasteiger partial charge >= 0.3 is 23.9 Å². The number of hydrogen-bond donors (Lipinski definition) is 1. The molecule has 5 atom stereocenters. The highest BCUT2D eigenvalue weighted by Crippen LogP contribution is 2.34. The van der Waals surface area contributed by atoms with E-state index in [1.54, 1.807) is 20.8 Å². The lowest BCUT2D eigenvalue weighted by Gasteiger charge is -2.43. The molecule has 0 amide bonds. The summed E-state index contributed by atoms with van der Waals surface area (Å²) in [4.78, 5) is 52.7. The fraction of sp³-hybridized carbons (Fsp3) is 0.556. The zero-order valence-electron chi connectivity index (χ0n) is 21.3. The van der Waals surface area contributed by atoms with Crippen molar-refractivity contribution in [1.29, 1.82) is 0 Å². The Morgan fingerprint density at radius 3 is 2.03 bits per heavy atom. The maximum Gasteiger partial charge on any atom is 0.306 e. The second kappa shape index (κ2) is 12.6. The number of carbonyl (C=O) groups is 4. The van der Waals surface area contributed by atoms with E-state index in [1.807, 2.05) is 37.4 Å². The molecule has 0 radical (unpaired) electrons. The largest absolute Gasteiger partial charge is 0.458 e. The first-order chi connectivity index (χ1) is 17.3. The van der Waals surface area contributed by atoms with Crippen LogP contribution in [0, 0.1) is 5.92 Å². The smallest absolute Gasteiger partial charge is 0.306 e. The summed E-state index contributed by atoms with van der Waals surface area (Å²) >= 11 is 0. The van der Waals surface area contributed by atoms with E-state index in [0.29, 0.717) is 6.42 Å². The Kier molecular flexibility index (Phi) is 9.50. The third-order valence-corrected chi connectivity index (χ3v) is 6.40. The van der Waals surface area contributed by atoms with Crippen LogP contribution in [-0.4, -0.2) is 53.3 Å². The third kappa shape index (κ3) is 6.65. The fourth-order valence-electron chi connectivity index (χ4n) is 4.44. The van der Waals surface area contributed by atoms with Crippen molar-refractivity contribution in [2.24, 2.45) is 5.92 Å². The van der Waals surface area contributed by atoms with Gasteiger partial charge in [0.1, 0.15) is 12.2 Å². The topological polar surface area (TPSA) is 121 Å². The summed E-state index contributed by atoms with van der Waals surface area (Å²) in [6.07, 6.45) is -0.797. The number of esters is 4. The number of hydrogen-bond acceptors (Lipinski definition) is 8. The van der Waals surface area contributed by atoms with Crippen LogP contribution in [0.1, 0.15) is 65.4 Å². The molecule has 0 unspecified atom stereocenters. The summed E-state index contributed by atoms with van der Waals surface area (Å²) < 4.78 is 22.6. The number of H-pyrrole nitrogens is 1. The Labute approximate surface area is 210 Å². The van der Waals surface area contributed by atoms with E-state index in [4.69, 9.17) is 18.9 Å². The van der Waals surface area contributed by atoms with E-state index >= 15 is 0 Å². The summed E-state index contributed by atoms with van der Waals surface area (Å²) in [5.74, 6) is -2.29. The van der Waals surface area contributed by atoms with Crippen LogP contribution in [0.25, 0.3) is 10.9 Å². The van der Waals surface area contributed by atoms with E-state index in [0.717, 1.165) is 16.5 Å². The second-order valence-electron chi connectivity index (χ2n) is 9.02. The molecule has 9 heteroatoms. The lowest BCUT2D eigenvalue weighted by Crippen LogP contribution is -2.58. The third-order valence-electron chi connectivity index (χ3n) is 6.40. The van der Waals surface area contributed by atoms with Crippen LogP contribution in [0.5, 0.6) is 0 Å². The maximum atomic E-state index is 12.9. The van der Waals surface area contributed by atoms with Crippen molar-refractivity contribution in [2.75, 3.05) is 0 Å². The molecule has 1 heterocycles. The molecule has 1 saturated carbocycles. The van der Waals surface area contributed by atoms with Crippen molar-refractivity contribution in [2.45, 2.75) is 90.6 Å². The SMILES string of the molecule is CCC(=O)O[C@@H]1[C@H](OC(=O)CC)[C@H](C)C[C@H](OC(=O)CCc2c[nH]c3ccccc23)[C@H]1OC(=O)CC. The Hall–Kier alpha value is -3.36. The predicted octanol–water partition coefficient (Wildman–Crippen LogP) is 4.02. The van der Waals surface area contributed by atoms with Gasteiger partial charge in [0, 0.05) is 48.7 Å². The molecule has 3 rings (SSSR count). The summed E-state index contributed by atoms with van der Waals surface area (Å²) in [7, 11) is 0. The van der Waals surface area contributed by atoms with Gasteiger partial charge in [0.15, 0.2) is 12.2 Å². The highest BCUT2D eigenvalue weighted by atomic mass is 16.6. The Morgan fingerprint density at radius 1 is 0.806 bits per heavy atom. The molecule has 196 valence electrons. The number of ether oxygens (including phenoxy) is 4. The van der Waals surface area contributed by atoms with Gasteiger partial charge in [-0.3, -0.25) is 19.2 Å². The average molecular weight is 502 g/mol. The number of nitrogens with one attached hydrogen (secondary N) is 1. The molecular formula is C27H35NO8. The number of benzene rings is 1. The molecule has 0 spiro atoms. The summed E-state index contributed by atoms with van der Waals surface area (Å²) in [5.41, 5.74) is 1.98. The number of aryl methyl sites for hydroxylation is 1. The van der Waals surface area contributed by atoms with E-state index in [1.165, 1.54) is 0 Å². The number of aromatic nitrogens is 1. The minimum absolute atomic E-state index is 0.0845. The molecule has 0 saturated heterocycles. The minimum Gasteiger partial charge on any atom is -0.458 e. The first-order valence-corrected chi connectivity index (χ1v) is 12.6. The van der Waals surface area contributed by atoms with Gasteiger partial charge in [-0.1, -0.05) is 45.9 Å². The Bertz CT molecular complexity index is 1080. The lowest BCUT2D eigenvalue weighted by molar-refractivity contribution is -0.219. The van der Waals surface area contributed by atoms with Crippen LogP contribution in [-0.2, 0) is 44.5 Å². The van der Waals surface area contributed by atoms with Gasteiger partial charge in [-0.2, -0.15) is 0 Å². The van der Waals surface area contributed by atoms with Gasteiger partial charge in [-0.25, -0.2) is 0 Å².